The molecule has 0 aromatic carbocycles. The van der Waals surface area contributed by atoms with Crippen LogP contribution < -0.4 is 22.4 Å². The zero-order valence-corrected chi connectivity index (χ0v) is 9.83. The minimum atomic E-state index is -0.555. The van der Waals surface area contributed by atoms with E-state index in [-0.39, 0.29) is 0 Å². The van der Waals surface area contributed by atoms with Gasteiger partial charge >= 0.3 is 11.1 Å². The lowest BCUT2D eigenvalue weighted by molar-refractivity contribution is 0.694. The quantitative estimate of drug-likeness (QED) is 0.424. The highest BCUT2D eigenvalue weighted by Gasteiger charge is 2.03. The number of rotatable bonds is 3. The van der Waals surface area contributed by atoms with Crippen LogP contribution in [0.5, 0.6) is 0 Å². The summed E-state index contributed by atoms with van der Waals surface area (Å²) in [5.41, 5.74) is 2.12. The summed E-state index contributed by atoms with van der Waals surface area (Å²) in [7, 11) is 1.54. The van der Waals surface area contributed by atoms with Gasteiger partial charge in [-0.15, -0.1) is 0 Å². The Morgan fingerprint density at radius 3 is 2.67 bits per heavy atom. The van der Waals surface area contributed by atoms with E-state index >= 15 is 0 Å². The van der Waals surface area contributed by atoms with Gasteiger partial charge in [-0.05, 0) is 11.6 Å². The maximum Gasteiger partial charge on any atom is 0.316 e. The molecule has 0 spiro atoms. The Balaban J connectivity index is 2.31. The van der Waals surface area contributed by atoms with Crippen molar-refractivity contribution in [2.24, 2.45) is 12.9 Å². The molecule has 0 unspecified atom stereocenters. The normalized spacial score (nSPS) is 10.3. The van der Waals surface area contributed by atoms with E-state index in [9.17, 15) is 9.59 Å². The number of nitrogens with two attached hydrogens (primary N) is 1. The van der Waals surface area contributed by atoms with Crippen molar-refractivity contribution in [3.8, 4) is 0 Å². The van der Waals surface area contributed by atoms with Gasteiger partial charge in [0, 0.05) is 25.6 Å². The monoisotopic (exact) mass is 247 g/mol. The van der Waals surface area contributed by atoms with Crippen molar-refractivity contribution in [3.05, 3.63) is 57.0 Å². The summed E-state index contributed by atoms with van der Waals surface area (Å²) in [6.07, 6.45) is 4.71. The molecule has 18 heavy (non-hydrogen) atoms. The van der Waals surface area contributed by atoms with Crippen LogP contribution in [-0.4, -0.2) is 14.1 Å². The largest absolute Gasteiger partial charge is 0.316 e. The highest BCUT2D eigenvalue weighted by Crippen LogP contribution is 2.04. The average molecular weight is 247 g/mol. The molecule has 0 bridgehead atoms. The smallest absolute Gasteiger partial charge is 0.312 e. The van der Waals surface area contributed by atoms with Crippen LogP contribution >= 0.6 is 0 Å². The summed E-state index contributed by atoms with van der Waals surface area (Å²) in [5, 5.41) is 0. The predicted molar refractivity (Wildman–Crippen MR) is 67.1 cm³/mol. The van der Waals surface area contributed by atoms with Crippen LogP contribution in [0.4, 0.5) is 5.82 Å². The Morgan fingerprint density at radius 2 is 2.06 bits per heavy atom. The maximum absolute atomic E-state index is 11.7. The number of nitrogens with zero attached hydrogens (tertiary/aromatic N) is 3. The van der Waals surface area contributed by atoms with Crippen LogP contribution in [0.15, 0.2) is 40.3 Å². The number of nitrogens with one attached hydrogen (secondary N) is 1. The number of hydrogen-bond donors (Lipinski definition) is 2. The Bertz CT molecular complexity index is 656. The standard InChI is InChI=1S/C11H13N5O2/c1-15-4-5-16(11(18)10(15)17)7-8-2-3-9(14-12)13-6-8/h2-6H,7,12H2,1H3,(H,13,14). The van der Waals surface area contributed by atoms with Gasteiger partial charge < -0.3 is 14.6 Å². The van der Waals surface area contributed by atoms with Gasteiger partial charge in [0.15, 0.2) is 0 Å². The van der Waals surface area contributed by atoms with Crippen LogP contribution in [0.25, 0.3) is 0 Å². The van der Waals surface area contributed by atoms with E-state index in [1.54, 1.807) is 30.7 Å². The maximum atomic E-state index is 11.7. The molecule has 7 heteroatoms. The van der Waals surface area contributed by atoms with Crippen LogP contribution in [-0.2, 0) is 13.6 Å². The van der Waals surface area contributed by atoms with Crippen molar-refractivity contribution in [2.45, 2.75) is 6.54 Å². The number of anilines is 1. The van der Waals surface area contributed by atoms with Crippen molar-refractivity contribution < 1.29 is 0 Å². The lowest BCUT2D eigenvalue weighted by Gasteiger charge is -2.06. The Labute approximate surface area is 102 Å². The zero-order valence-electron chi connectivity index (χ0n) is 9.83. The molecule has 0 aliphatic heterocycles. The Hall–Kier alpha value is -2.41. The summed E-state index contributed by atoms with van der Waals surface area (Å²) < 4.78 is 2.59. The third-order valence-corrected chi connectivity index (χ3v) is 2.56. The molecule has 0 atom stereocenters. The molecule has 3 N–H and O–H groups in total. The van der Waals surface area contributed by atoms with Crippen molar-refractivity contribution >= 4 is 5.82 Å². The number of aromatic nitrogens is 3. The summed E-state index contributed by atoms with van der Waals surface area (Å²) in [5.74, 6) is 5.74. The van der Waals surface area contributed by atoms with E-state index in [2.05, 4.69) is 10.4 Å². The Kier molecular flexibility index (Phi) is 3.24. The molecule has 0 radical (unpaired) electrons. The Morgan fingerprint density at radius 1 is 1.28 bits per heavy atom. The van der Waals surface area contributed by atoms with Gasteiger partial charge in [-0.2, -0.15) is 0 Å². The molecule has 7 nitrogen and oxygen atoms in total. The molecule has 2 rings (SSSR count). The first-order valence-corrected chi connectivity index (χ1v) is 5.29. The van der Waals surface area contributed by atoms with E-state index < -0.39 is 11.1 Å². The van der Waals surface area contributed by atoms with Gasteiger partial charge in [-0.25, -0.2) is 10.8 Å². The van der Waals surface area contributed by atoms with Gasteiger partial charge in [0.05, 0.1) is 6.54 Å². The fourth-order valence-corrected chi connectivity index (χ4v) is 1.51. The van der Waals surface area contributed by atoms with Crippen LogP contribution in [0.3, 0.4) is 0 Å². The van der Waals surface area contributed by atoms with E-state index in [1.165, 1.54) is 16.2 Å². The van der Waals surface area contributed by atoms with Crippen molar-refractivity contribution in [3.63, 3.8) is 0 Å². The first-order chi connectivity index (χ1) is 8.61. The van der Waals surface area contributed by atoms with E-state index in [4.69, 9.17) is 5.84 Å². The van der Waals surface area contributed by atoms with Crippen LogP contribution in [0, 0.1) is 0 Å². The van der Waals surface area contributed by atoms with E-state index in [0.717, 1.165) is 5.56 Å². The van der Waals surface area contributed by atoms with Gasteiger partial charge in [0.2, 0.25) is 0 Å². The molecule has 0 saturated heterocycles. The molecule has 0 saturated carbocycles. The van der Waals surface area contributed by atoms with Crippen LogP contribution in [0.1, 0.15) is 5.56 Å². The molecule has 0 aliphatic carbocycles. The fraction of sp³-hybridized carbons (Fsp3) is 0.182. The number of pyridine rings is 1. The first kappa shape index (κ1) is 12.1. The molecule has 0 fully saturated rings. The molecule has 0 aliphatic rings. The topological polar surface area (TPSA) is 94.9 Å². The number of nitrogen functional groups attached to an aromatic ring is 1. The van der Waals surface area contributed by atoms with Gasteiger partial charge in [0.1, 0.15) is 5.82 Å². The first-order valence-electron chi connectivity index (χ1n) is 5.29. The second kappa shape index (κ2) is 4.84. The third-order valence-electron chi connectivity index (χ3n) is 2.56. The van der Waals surface area contributed by atoms with Crippen molar-refractivity contribution in [1.82, 2.24) is 14.1 Å². The average Bonchev–Trinajstić information content (AvgIpc) is 2.40. The van der Waals surface area contributed by atoms with Crippen molar-refractivity contribution in [2.75, 3.05) is 5.43 Å². The minimum absolute atomic E-state index is 0.298. The second-order valence-corrected chi connectivity index (χ2v) is 3.84. The fourth-order valence-electron chi connectivity index (χ4n) is 1.51. The minimum Gasteiger partial charge on any atom is -0.312 e. The molecule has 2 aromatic rings. The molecular formula is C11H13N5O2. The molecule has 2 heterocycles. The van der Waals surface area contributed by atoms with E-state index in [1.807, 2.05) is 0 Å². The second-order valence-electron chi connectivity index (χ2n) is 3.84. The highest BCUT2D eigenvalue weighted by molar-refractivity contribution is 5.33. The van der Waals surface area contributed by atoms with Crippen LogP contribution in [0.2, 0.25) is 0 Å². The highest BCUT2D eigenvalue weighted by atomic mass is 16.2. The number of hydrogen-bond acceptors (Lipinski definition) is 5. The van der Waals surface area contributed by atoms with Gasteiger partial charge in [0.25, 0.3) is 0 Å². The third kappa shape index (κ3) is 2.30. The lowest BCUT2D eigenvalue weighted by Crippen LogP contribution is -2.39. The summed E-state index contributed by atoms with van der Waals surface area (Å²) in [6.45, 7) is 0.298. The lowest BCUT2D eigenvalue weighted by atomic mass is 10.3. The van der Waals surface area contributed by atoms with Gasteiger partial charge in [-0.1, -0.05) is 6.07 Å². The number of aryl methyl sites for hydroxylation is 1. The zero-order chi connectivity index (χ0) is 13.1. The molecule has 2 aromatic heterocycles. The van der Waals surface area contributed by atoms with Gasteiger partial charge in [-0.3, -0.25) is 9.59 Å². The molecule has 94 valence electrons. The molecule has 0 amide bonds. The van der Waals surface area contributed by atoms with E-state index in [0.29, 0.717) is 12.4 Å². The SMILES string of the molecule is Cn1ccn(Cc2ccc(NN)nc2)c(=O)c1=O. The van der Waals surface area contributed by atoms with Crippen molar-refractivity contribution in [1.29, 1.82) is 0 Å². The number of hydrazine groups is 1. The molecular weight excluding hydrogens is 234 g/mol. The predicted octanol–water partition coefficient (Wildman–Crippen LogP) is -0.724. The summed E-state index contributed by atoms with van der Waals surface area (Å²) in [6, 6.07) is 3.48. The summed E-state index contributed by atoms with van der Waals surface area (Å²) >= 11 is 0. The summed E-state index contributed by atoms with van der Waals surface area (Å²) in [4.78, 5) is 27.2.